The fourth-order valence-corrected chi connectivity index (χ4v) is 4.92. The van der Waals surface area contributed by atoms with E-state index in [0.29, 0.717) is 0 Å². The van der Waals surface area contributed by atoms with Crippen molar-refractivity contribution in [3.05, 3.63) is 81.9 Å². The summed E-state index contributed by atoms with van der Waals surface area (Å²) in [4.78, 5) is 6.86. The molecule has 0 amide bonds. The van der Waals surface area contributed by atoms with Crippen molar-refractivity contribution in [2.24, 2.45) is 0 Å². The third kappa shape index (κ3) is 3.32. The van der Waals surface area contributed by atoms with Gasteiger partial charge < -0.3 is 14.8 Å². The molecule has 1 aliphatic heterocycles. The lowest BCUT2D eigenvalue weighted by Gasteiger charge is -2.27. The Hall–Kier alpha value is -2.37. The molecule has 2 aromatic heterocycles. The molecular formula is C23H25ClN4S. The maximum atomic E-state index is 6.41. The van der Waals surface area contributed by atoms with Gasteiger partial charge in [-0.05, 0) is 81.4 Å². The van der Waals surface area contributed by atoms with Crippen molar-refractivity contribution in [2.45, 2.75) is 39.8 Å². The summed E-state index contributed by atoms with van der Waals surface area (Å²) in [5, 5.41) is 5.05. The van der Waals surface area contributed by atoms with E-state index in [1.165, 1.54) is 17.0 Å². The predicted molar refractivity (Wildman–Crippen MR) is 123 cm³/mol. The van der Waals surface area contributed by atoms with E-state index in [-0.39, 0.29) is 12.1 Å². The van der Waals surface area contributed by atoms with Gasteiger partial charge in [-0.2, -0.15) is 0 Å². The number of aryl methyl sites for hydroxylation is 1. The maximum absolute atomic E-state index is 6.41. The van der Waals surface area contributed by atoms with E-state index in [1.807, 2.05) is 30.5 Å². The molecule has 0 saturated carbocycles. The van der Waals surface area contributed by atoms with Crippen molar-refractivity contribution < 1.29 is 0 Å². The maximum Gasteiger partial charge on any atom is 0.170 e. The SMILES string of the molecule is CCN1C(=S)N[C@H](c2ccccn2)[C@@H]1c1cc(C)n(-c2cccc(Cl)c2C)c1C. The third-order valence-electron chi connectivity index (χ3n) is 5.81. The van der Waals surface area contributed by atoms with Gasteiger partial charge in [-0.3, -0.25) is 4.98 Å². The molecular weight excluding hydrogens is 400 g/mol. The smallest absolute Gasteiger partial charge is 0.170 e. The van der Waals surface area contributed by atoms with Crippen LogP contribution in [0.1, 0.15) is 47.2 Å². The molecule has 0 radical (unpaired) electrons. The van der Waals surface area contributed by atoms with Crippen LogP contribution in [0.3, 0.4) is 0 Å². The fourth-order valence-electron chi connectivity index (χ4n) is 4.38. The summed E-state index contributed by atoms with van der Waals surface area (Å²) < 4.78 is 2.29. The molecule has 1 saturated heterocycles. The summed E-state index contributed by atoms with van der Waals surface area (Å²) in [7, 11) is 0. The molecule has 6 heteroatoms. The van der Waals surface area contributed by atoms with Crippen LogP contribution in [0.2, 0.25) is 5.02 Å². The summed E-state index contributed by atoms with van der Waals surface area (Å²) in [5.74, 6) is 0. The second-order valence-corrected chi connectivity index (χ2v) is 8.25. The minimum atomic E-state index is 0.0121. The van der Waals surface area contributed by atoms with Crippen LogP contribution < -0.4 is 5.32 Å². The average Bonchev–Trinajstić information content (AvgIpc) is 3.20. The molecule has 1 N–H and O–H groups in total. The number of rotatable bonds is 4. The number of halogens is 1. The first-order chi connectivity index (χ1) is 13.9. The minimum absolute atomic E-state index is 0.0121. The molecule has 2 atom stereocenters. The number of hydrogen-bond acceptors (Lipinski definition) is 2. The van der Waals surface area contributed by atoms with Gasteiger partial charge in [0.15, 0.2) is 5.11 Å². The predicted octanol–water partition coefficient (Wildman–Crippen LogP) is 5.44. The Morgan fingerprint density at radius 2 is 1.93 bits per heavy atom. The number of aromatic nitrogens is 2. The average molecular weight is 425 g/mol. The van der Waals surface area contributed by atoms with Gasteiger partial charge >= 0.3 is 0 Å². The Morgan fingerprint density at radius 1 is 1.14 bits per heavy atom. The molecule has 0 bridgehead atoms. The van der Waals surface area contributed by atoms with Crippen LogP contribution in [-0.2, 0) is 0 Å². The van der Waals surface area contributed by atoms with Crippen LogP contribution in [0.25, 0.3) is 5.69 Å². The Bertz CT molecular complexity index is 1060. The zero-order chi connectivity index (χ0) is 20.7. The van der Waals surface area contributed by atoms with Gasteiger partial charge in [0.1, 0.15) is 0 Å². The minimum Gasteiger partial charge on any atom is -0.352 e. The highest BCUT2D eigenvalue weighted by Crippen LogP contribution is 2.41. The normalized spacial score (nSPS) is 18.9. The second-order valence-electron chi connectivity index (χ2n) is 7.46. The lowest BCUT2D eigenvalue weighted by atomic mass is 9.97. The molecule has 150 valence electrons. The molecule has 4 rings (SSSR count). The zero-order valence-corrected chi connectivity index (χ0v) is 18.7. The molecule has 0 aliphatic carbocycles. The van der Waals surface area contributed by atoms with E-state index in [2.05, 4.69) is 65.7 Å². The first-order valence-corrected chi connectivity index (χ1v) is 10.6. The largest absolute Gasteiger partial charge is 0.352 e. The molecule has 1 aromatic carbocycles. The van der Waals surface area contributed by atoms with Gasteiger partial charge in [-0.1, -0.05) is 23.7 Å². The van der Waals surface area contributed by atoms with Crippen LogP contribution in [0.4, 0.5) is 0 Å². The zero-order valence-electron chi connectivity index (χ0n) is 17.1. The number of nitrogens with one attached hydrogen (secondary N) is 1. The van der Waals surface area contributed by atoms with E-state index in [0.717, 1.165) is 33.6 Å². The van der Waals surface area contributed by atoms with Crippen LogP contribution in [-0.4, -0.2) is 26.1 Å². The number of pyridine rings is 1. The van der Waals surface area contributed by atoms with Gasteiger partial charge in [-0.25, -0.2) is 0 Å². The summed E-state index contributed by atoms with van der Waals surface area (Å²) in [6, 6.07) is 14.5. The van der Waals surface area contributed by atoms with Crippen molar-refractivity contribution in [2.75, 3.05) is 6.54 Å². The van der Waals surface area contributed by atoms with E-state index in [4.69, 9.17) is 23.8 Å². The van der Waals surface area contributed by atoms with Crippen molar-refractivity contribution >= 4 is 28.9 Å². The standard InChI is InChI=1S/C23H25ClN4S/c1-5-27-22(21(26-23(27)29)19-10-6-7-12-25-19)17-13-14(2)28(16(17)4)20-11-8-9-18(24)15(20)3/h6-13,21-22H,5H2,1-4H3,(H,26,29)/t21-,22+/m1/s1. The first-order valence-electron chi connectivity index (χ1n) is 9.86. The summed E-state index contributed by atoms with van der Waals surface area (Å²) in [6.07, 6.45) is 1.84. The number of benzene rings is 1. The molecule has 0 unspecified atom stereocenters. The first kappa shape index (κ1) is 19.9. The number of hydrogen-bond donors (Lipinski definition) is 1. The number of nitrogens with zero attached hydrogens (tertiary/aromatic N) is 3. The molecule has 3 aromatic rings. The lowest BCUT2D eigenvalue weighted by Crippen LogP contribution is -2.29. The molecule has 1 fully saturated rings. The van der Waals surface area contributed by atoms with Crippen molar-refractivity contribution in [3.8, 4) is 5.69 Å². The van der Waals surface area contributed by atoms with Gasteiger partial charge in [0.25, 0.3) is 0 Å². The Labute approximate surface area is 182 Å². The van der Waals surface area contributed by atoms with Crippen molar-refractivity contribution in [1.29, 1.82) is 0 Å². The monoisotopic (exact) mass is 424 g/mol. The molecule has 4 nitrogen and oxygen atoms in total. The molecule has 1 aliphatic rings. The van der Waals surface area contributed by atoms with Crippen LogP contribution >= 0.6 is 23.8 Å². The van der Waals surface area contributed by atoms with Gasteiger partial charge in [-0.15, -0.1) is 0 Å². The molecule has 29 heavy (non-hydrogen) atoms. The third-order valence-corrected chi connectivity index (χ3v) is 6.57. The molecule has 3 heterocycles. The van der Waals surface area contributed by atoms with Crippen LogP contribution in [0.5, 0.6) is 0 Å². The van der Waals surface area contributed by atoms with Gasteiger partial charge in [0.05, 0.1) is 17.8 Å². The second kappa shape index (κ2) is 7.81. The molecule has 0 spiro atoms. The van der Waals surface area contributed by atoms with E-state index in [1.54, 1.807) is 0 Å². The van der Waals surface area contributed by atoms with Gasteiger partial charge in [0, 0.05) is 34.8 Å². The summed E-state index contributed by atoms with van der Waals surface area (Å²) >= 11 is 12.1. The fraction of sp³-hybridized carbons (Fsp3) is 0.304. The van der Waals surface area contributed by atoms with E-state index in [9.17, 15) is 0 Å². The highest BCUT2D eigenvalue weighted by molar-refractivity contribution is 7.80. The van der Waals surface area contributed by atoms with E-state index >= 15 is 0 Å². The summed E-state index contributed by atoms with van der Waals surface area (Å²) in [6.45, 7) is 9.36. The number of thiocarbonyl (C=S) groups is 1. The Kier molecular flexibility index (Phi) is 5.36. The lowest BCUT2D eigenvalue weighted by molar-refractivity contribution is 0.329. The summed E-state index contributed by atoms with van der Waals surface area (Å²) in [5.41, 5.74) is 6.83. The van der Waals surface area contributed by atoms with Crippen molar-refractivity contribution in [3.63, 3.8) is 0 Å². The Balaban J connectivity index is 1.86. The highest BCUT2D eigenvalue weighted by atomic mass is 35.5. The highest BCUT2D eigenvalue weighted by Gasteiger charge is 2.40. The van der Waals surface area contributed by atoms with Crippen molar-refractivity contribution in [1.82, 2.24) is 19.8 Å². The van der Waals surface area contributed by atoms with Crippen LogP contribution in [0.15, 0.2) is 48.7 Å². The van der Waals surface area contributed by atoms with Crippen LogP contribution in [0, 0.1) is 20.8 Å². The quantitative estimate of drug-likeness (QED) is 0.565. The number of likely N-dealkylation sites (N-methyl/N-ethyl adjacent to an activating group) is 1. The van der Waals surface area contributed by atoms with E-state index < -0.39 is 0 Å². The topological polar surface area (TPSA) is 33.1 Å². The van der Waals surface area contributed by atoms with Gasteiger partial charge in [0.2, 0.25) is 0 Å². The Morgan fingerprint density at radius 3 is 2.62 bits per heavy atom.